The van der Waals surface area contributed by atoms with E-state index in [0.717, 1.165) is 12.8 Å². The number of hydrogen-bond acceptors (Lipinski definition) is 0. The topological polar surface area (TPSA) is 9.86 Å². The van der Waals surface area contributed by atoms with Gasteiger partial charge in [-0.15, -0.1) is 0 Å². The van der Waals surface area contributed by atoms with Gasteiger partial charge in [0.05, 0.1) is 22.1 Å². The Balaban J connectivity index is 1.12. The summed E-state index contributed by atoms with van der Waals surface area (Å²) in [6.07, 6.45) is 1.94. The molecule has 44 heavy (non-hydrogen) atoms. The maximum Gasteiger partial charge on any atom is 0.0541 e. The van der Waals surface area contributed by atoms with E-state index in [0.29, 0.717) is 0 Å². The summed E-state index contributed by atoms with van der Waals surface area (Å²) in [5.41, 5.74) is 15.3. The van der Waals surface area contributed by atoms with Gasteiger partial charge in [-0.1, -0.05) is 72.1 Å². The molecule has 0 radical (unpaired) electrons. The molecule has 2 aromatic heterocycles. The van der Waals surface area contributed by atoms with Crippen molar-refractivity contribution in [3.63, 3.8) is 0 Å². The molecule has 2 heterocycles. The first-order chi connectivity index (χ1) is 21.5. The lowest BCUT2D eigenvalue weighted by atomic mass is 10.0. The fourth-order valence-electron chi connectivity index (χ4n) is 6.97. The first-order valence-electron chi connectivity index (χ1n) is 15.7. The second-order valence-corrected chi connectivity index (χ2v) is 12.4. The molecular weight excluding hydrogens is 532 g/mol. The summed E-state index contributed by atoms with van der Waals surface area (Å²) in [4.78, 5) is 0. The standard InChI is InChI=1S/C42H36N2/c1-5-30-13-21-42-38(26-30)37-24-29(4)8-20-41(37)44(42)34-16-11-32(12-17-34)25-31-9-14-33(15-10-31)43-39-18-6-27(2)22-35(39)36-23-28(3)7-19-40(36)43/h6-24,26H,5,25H2,1-4H3. The quantitative estimate of drug-likeness (QED) is 0.195. The molecule has 0 saturated carbocycles. The molecule has 0 fully saturated rings. The number of fused-ring (bicyclic) bond motifs is 6. The predicted octanol–water partition coefficient (Wildman–Crippen LogP) is 11.0. The molecule has 0 N–H and O–H groups in total. The molecular formula is C42H36N2. The normalized spacial score (nSPS) is 11.8. The lowest BCUT2D eigenvalue weighted by Crippen LogP contribution is -1.96. The zero-order valence-corrected chi connectivity index (χ0v) is 25.9. The molecule has 2 nitrogen and oxygen atoms in total. The van der Waals surface area contributed by atoms with E-state index in [1.807, 2.05) is 0 Å². The first-order valence-corrected chi connectivity index (χ1v) is 15.7. The van der Waals surface area contributed by atoms with Gasteiger partial charge in [-0.25, -0.2) is 0 Å². The van der Waals surface area contributed by atoms with Gasteiger partial charge >= 0.3 is 0 Å². The van der Waals surface area contributed by atoms with Crippen molar-refractivity contribution in [2.75, 3.05) is 0 Å². The summed E-state index contributed by atoms with van der Waals surface area (Å²) in [6.45, 7) is 8.75. The molecule has 0 aliphatic carbocycles. The Morgan fingerprint density at radius 1 is 0.386 bits per heavy atom. The molecule has 0 unspecified atom stereocenters. The number of hydrogen-bond donors (Lipinski definition) is 0. The van der Waals surface area contributed by atoms with E-state index in [-0.39, 0.29) is 0 Å². The highest BCUT2D eigenvalue weighted by molar-refractivity contribution is 6.10. The first kappa shape index (κ1) is 26.5. The second kappa shape index (κ2) is 10.3. The van der Waals surface area contributed by atoms with Crippen molar-refractivity contribution < 1.29 is 0 Å². The molecule has 8 aromatic rings. The van der Waals surface area contributed by atoms with Crippen molar-refractivity contribution >= 4 is 43.6 Å². The van der Waals surface area contributed by atoms with Gasteiger partial charge in [0.15, 0.2) is 0 Å². The summed E-state index contributed by atoms with van der Waals surface area (Å²) in [5.74, 6) is 0. The lowest BCUT2D eigenvalue weighted by molar-refractivity contribution is 1.13. The minimum absolute atomic E-state index is 0.901. The van der Waals surface area contributed by atoms with Gasteiger partial charge in [-0.05, 0) is 123 Å². The average molecular weight is 569 g/mol. The van der Waals surface area contributed by atoms with Gasteiger partial charge in [-0.2, -0.15) is 0 Å². The van der Waals surface area contributed by atoms with Crippen LogP contribution >= 0.6 is 0 Å². The zero-order chi connectivity index (χ0) is 29.9. The number of benzene rings is 6. The summed E-state index contributed by atoms with van der Waals surface area (Å²) in [5, 5.41) is 5.29. The van der Waals surface area contributed by atoms with Crippen molar-refractivity contribution in [3.8, 4) is 11.4 Å². The third-order valence-electron chi connectivity index (χ3n) is 9.27. The lowest BCUT2D eigenvalue weighted by Gasteiger charge is -2.11. The van der Waals surface area contributed by atoms with Crippen LogP contribution < -0.4 is 0 Å². The van der Waals surface area contributed by atoms with Crippen molar-refractivity contribution in [2.45, 2.75) is 40.5 Å². The third-order valence-corrected chi connectivity index (χ3v) is 9.27. The minimum Gasteiger partial charge on any atom is -0.309 e. The number of aromatic nitrogens is 2. The van der Waals surface area contributed by atoms with E-state index in [2.05, 4.69) is 158 Å². The van der Waals surface area contributed by atoms with Gasteiger partial charge in [0.25, 0.3) is 0 Å². The Labute approximate surface area is 258 Å². The van der Waals surface area contributed by atoms with E-state index in [1.165, 1.54) is 88.4 Å². The van der Waals surface area contributed by atoms with E-state index in [9.17, 15) is 0 Å². The van der Waals surface area contributed by atoms with Gasteiger partial charge in [0, 0.05) is 32.9 Å². The molecule has 0 spiro atoms. The predicted molar refractivity (Wildman–Crippen MR) is 188 cm³/mol. The molecule has 2 heteroatoms. The van der Waals surface area contributed by atoms with Crippen LogP contribution in [0.5, 0.6) is 0 Å². The Bertz CT molecular complexity index is 2290. The molecule has 0 atom stereocenters. The Morgan fingerprint density at radius 3 is 1.11 bits per heavy atom. The zero-order valence-electron chi connectivity index (χ0n) is 25.9. The van der Waals surface area contributed by atoms with Crippen LogP contribution in [-0.2, 0) is 12.8 Å². The summed E-state index contributed by atoms with van der Waals surface area (Å²) in [6, 6.07) is 45.5. The maximum absolute atomic E-state index is 2.41. The molecule has 0 saturated heterocycles. The summed E-state index contributed by atoms with van der Waals surface area (Å²) >= 11 is 0. The van der Waals surface area contributed by atoms with Crippen LogP contribution in [0.25, 0.3) is 55.0 Å². The van der Waals surface area contributed by atoms with Gasteiger partial charge in [0.2, 0.25) is 0 Å². The van der Waals surface area contributed by atoms with E-state index in [4.69, 9.17) is 0 Å². The highest BCUT2D eigenvalue weighted by Gasteiger charge is 2.14. The summed E-state index contributed by atoms with van der Waals surface area (Å²) in [7, 11) is 0. The van der Waals surface area contributed by atoms with E-state index < -0.39 is 0 Å². The highest BCUT2D eigenvalue weighted by atomic mass is 15.0. The van der Waals surface area contributed by atoms with Crippen molar-refractivity contribution in [2.24, 2.45) is 0 Å². The number of aryl methyl sites for hydroxylation is 4. The monoisotopic (exact) mass is 568 g/mol. The molecule has 0 aliphatic rings. The Hall–Kier alpha value is -5.08. The SMILES string of the molecule is CCc1ccc2c(c1)c1cc(C)ccc1n2-c1ccc(Cc2ccc(-n3c4ccc(C)cc4c4cc(C)ccc43)cc2)cc1. The molecule has 0 aliphatic heterocycles. The summed E-state index contributed by atoms with van der Waals surface area (Å²) < 4.78 is 4.82. The fourth-order valence-corrected chi connectivity index (χ4v) is 6.97. The molecule has 214 valence electrons. The van der Waals surface area contributed by atoms with Crippen molar-refractivity contribution in [3.05, 3.63) is 155 Å². The van der Waals surface area contributed by atoms with Crippen molar-refractivity contribution in [1.82, 2.24) is 9.13 Å². The molecule has 0 amide bonds. The Morgan fingerprint density at radius 2 is 0.727 bits per heavy atom. The van der Waals surface area contributed by atoms with Gasteiger partial charge in [0.1, 0.15) is 0 Å². The van der Waals surface area contributed by atoms with Crippen LogP contribution in [-0.4, -0.2) is 9.13 Å². The minimum atomic E-state index is 0.901. The number of rotatable bonds is 5. The van der Waals surface area contributed by atoms with Crippen LogP contribution in [0.15, 0.2) is 121 Å². The van der Waals surface area contributed by atoms with Crippen LogP contribution in [0.2, 0.25) is 0 Å². The van der Waals surface area contributed by atoms with E-state index in [1.54, 1.807) is 0 Å². The number of nitrogens with zero attached hydrogens (tertiary/aromatic N) is 2. The third kappa shape index (κ3) is 4.33. The average Bonchev–Trinajstić information content (AvgIpc) is 3.53. The Kier molecular flexibility index (Phi) is 6.20. The largest absolute Gasteiger partial charge is 0.309 e. The van der Waals surface area contributed by atoms with E-state index >= 15 is 0 Å². The van der Waals surface area contributed by atoms with Crippen LogP contribution in [0.3, 0.4) is 0 Å². The molecule has 6 aromatic carbocycles. The van der Waals surface area contributed by atoms with Gasteiger partial charge < -0.3 is 9.13 Å². The van der Waals surface area contributed by atoms with Crippen molar-refractivity contribution in [1.29, 1.82) is 0 Å². The van der Waals surface area contributed by atoms with Crippen LogP contribution in [0, 0.1) is 20.8 Å². The smallest absolute Gasteiger partial charge is 0.0541 e. The fraction of sp³-hybridized carbons (Fsp3) is 0.143. The molecule has 0 bridgehead atoms. The molecule has 8 rings (SSSR count). The second-order valence-electron chi connectivity index (χ2n) is 12.4. The van der Waals surface area contributed by atoms with Crippen LogP contribution in [0.4, 0.5) is 0 Å². The van der Waals surface area contributed by atoms with Gasteiger partial charge in [-0.3, -0.25) is 0 Å². The maximum atomic E-state index is 2.41. The highest BCUT2D eigenvalue weighted by Crippen LogP contribution is 2.35. The van der Waals surface area contributed by atoms with Crippen LogP contribution in [0.1, 0.15) is 40.3 Å².